The number of carbonyl (C=O) groups excluding carboxylic acids is 1. The number of pyridine rings is 1. The van der Waals surface area contributed by atoms with Gasteiger partial charge in [0.05, 0.1) is 18.3 Å². The van der Waals surface area contributed by atoms with Gasteiger partial charge in [0.2, 0.25) is 0 Å². The average molecular weight is 288 g/mol. The molecule has 0 spiro atoms. The van der Waals surface area contributed by atoms with Gasteiger partial charge in [-0.05, 0) is 24.1 Å². The predicted molar refractivity (Wildman–Crippen MR) is 79.6 cm³/mol. The molecule has 0 aromatic carbocycles. The molecule has 0 radical (unpaired) electrons. The molecular weight excluding hydrogens is 268 g/mol. The number of aliphatic hydroxyl groups excluding tert-OH is 1. The third kappa shape index (κ3) is 3.66. The van der Waals surface area contributed by atoms with Crippen molar-refractivity contribution in [1.82, 2.24) is 20.5 Å². The number of aliphatic hydroxyl groups is 1. The molecule has 6 heteroatoms. The molecule has 6 nitrogen and oxygen atoms in total. The van der Waals surface area contributed by atoms with E-state index >= 15 is 0 Å². The lowest BCUT2D eigenvalue weighted by Crippen LogP contribution is -2.42. The summed E-state index contributed by atoms with van der Waals surface area (Å²) in [5, 5.41) is 19.0. The molecule has 0 saturated carbocycles. The second-order valence-corrected chi connectivity index (χ2v) is 5.05. The molecule has 2 rings (SSSR count). The van der Waals surface area contributed by atoms with Gasteiger partial charge in [-0.15, -0.1) is 0 Å². The zero-order valence-corrected chi connectivity index (χ0v) is 12.2. The molecule has 2 aromatic heterocycles. The van der Waals surface area contributed by atoms with Crippen LogP contribution in [0, 0.1) is 5.92 Å². The molecule has 0 aliphatic carbocycles. The molecule has 0 aliphatic heterocycles. The summed E-state index contributed by atoms with van der Waals surface area (Å²) in [5.41, 5.74) is 1.95. The van der Waals surface area contributed by atoms with Gasteiger partial charge < -0.3 is 10.4 Å². The lowest BCUT2D eigenvalue weighted by molar-refractivity contribution is 0.0886. The fraction of sp³-hybridized carbons (Fsp3) is 0.400. The van der Waals surface area contributed by atoms with Crippen LogP contribution in [0.25, 0.3) is 11.3 Å². The maximum atomic E-state index is 12.2. The van der Waals surface area contributed by atoms with E-state index in [0.717, 1.165) is 12.0 Å². The van der Waals surface area contributed by atoms with Gasteiger partial charge in [0, 0.05) is 18.0 Å². The molecule has 0 saturated heterocycles. The second kappa shape index (κ2) is 6.99. The predicted octanol–water partition coefficient (Wildman–Crippen LogP) is 1.61. The van der Waals surface area contributed by atoms with Crippen molar-refractivity contribution in [1.29, 1.82) is 0 Å². The highest BCUT2D eigenvalue weighted by atomic mass is 16.3. The second-order valence-electron chi connectivity index (χ2n) is 5.05. The van der Waals surface area contributed by atoms with Crippen molar-refractivity contribution in [2.45, 2.75) is 26.3 Å². The average Bonchev–Trinajstić information content (AvgIpc) is 3.02. The standard InChI is InChI=1S/C15H20N4O2/c1-3-10(2)14(9-20)17-15(21)13-8-12(18-19-13)11-4-6-16-7-5-11/h4-8,10,14,20H,3,9H2,1-2H3,(H,17,21)(H,18,19)/t10-,14+/m0/s1. The molecule has 21 heavy (non-hydrogen) atoms. The van der Waals surface area contributed by atoms with Crippen molar-refractivity contribution in [3.8, 4) is 11.3 Å². The van der Waals surface area contributed by atoms with Crippen molar-refractivity contribution in [3.63, 3.8) is 0 Å². The van der Waals surface area contributed by atoms with Gasteiger partial charge in [-0.3, -0.25) is 14.9 Å². The van der Waals surface area contributed by atoms with E-state index in [0.29, 0.717) is 11.4 Å². The number of rotatable bonds is 6. The van der Waals surface area contributed by atoms with Crippen molar-refractivity contribution in [2.75, 3.05) is 6.61 Å². The number of aromatic nitrogens is 3. The monoisotopic (exact) mass is 288 g/mol. The summed E-state index contributed by atoms with van der Waals surface area (Å²) in [6.07, 6.45) is 4.24. The Morgan fingerprint density at radius 1 is 1.43 bits per heavy atom. The number of nitrogens with one attached hydrogen (secondary N) is 2. The van der Waals surface area contributed by atoms with Gasteiger partial charge in [0.15, 0.2) is 0 Å². The molecule has 2 heterocycles. The lowest BCUT2D eigenvalue weighted by atomic mass is 10.00. The van der Waals surface area contributed by atoms with Gasteiger partial charge in [-0.1, -0.05) is 20.3 Å². The van der Waals surface area contributed by atoms with Crippen LogP contribution in [0.1, 0.15) is 30.8 Å². The zero-order valence-electron chi connectivity index (χ0n) is 12.2. The first-order valence-corrected chi connectivity index (χ1v) is 7.03. The first-order valence-electron chi connectivity index (χ1n) is 7.03. The van der Waals surface area contributed by atoms with Gasteiger partial charge in [0.1, 0.15) is 5.69 Å². The zero-order chi connectivity index (χ0) is 15.2. The van der Waals surface area contributed by atoms with Crippen molar-refractivity contribution < 1.29 is 9.90 Å². The summed E-state index contributed by atoms with van der Waals surface area (Å²) in [6.45, 7) is 3.94. The Balaban J connectivity index is 2.09. The summed E-state index contributed by atoms with van der Waals surface area (Å²) in [7, 11) is 0. The van der Waals surface area contributed by atoms with E-state index in [4.69, 9.17) is 0 Å². The van der Waals surface area contributed by atoms with Crippen LogP contribution in [0.15, 0.2) is 30.6 Å². The number of hydrogen-bond donors (Lipinski definition) is 3. The smallest absolute Gasteiger partial charge is 0.269 e. The maximum Gasteiger partial charge on any atom is 0.269 e. The van der Waals surface area contributed by atoms with Gasteiger partial charge in [0.25, 0.3) is 5.91 Å². The highest BCUT2D eigenvalue weighted by molar-refractivity contribution is 5.93. The van der Waals surface area contributed by atoms with Crippen LogP contribution in [0.3, 0.4) is 0 Å². The first kappa shape index (κ1) is 15.2. The number of hydrogen-bond acceptors (Lipinski definition) is 4. The molecule has 2 atom stereocenters. The molecule has 0 unspecified atom stereocenters. The fourth-order valence-electron chi connectivity index (χ4n) is 2.01. The third-order valence-electron chi connectivity index (χ3n) is 3.64. The van der Waals surface area contributed by atoms with E-state index in [-0.39, 0.29) is 24.5 Å². The fourth-order valence-corrected chi connectivity index (χ4v) is 2.01. The van der Waals surface area contributed by atoms with E-state index in [2.05, 4.69) is 20.5 Å². The summed E-state index contributed by atoms with van der Waals surface area (Å²) < 4.78 is 0. The largest absolute Gasteiger partial charge is 0.394 e. The molecule has 112 valence electrons. The number of H-pyrrole nitrogens is 1. The van der Waals surface area contributed by atoms with E-state index in [9.17, 15) is 9.90 Å². The van der Waals surface area contributed by atoms with Crippen molar-refractivity contribution in [2.24, 2.45) is 5.92 Å². The van der Waals surface area contributed by atoms with Crippen molar-refractivity contribution >= 4 is 5.91 Å². The van der Waals surface area contributed by atoms with Crippen LogP contribution < -0.4 is 5.32 Å². The number of nitrogens with zero attached hydrogens (tertiary/aromatic N) is 2. The molecule has 1 amide bonds. The molecular formula is C15H20N4O2. The van der Waals surface area contributed by atoms with Crippen LogP contribution in [0.2, 0.25) is 0 Å². The Bertz CT molecular complexity index is 582. The van der Waals surface area contributed by atoms with E-state index < -0.39 is 0 Å². The SMILES string of the molecule is CC[C@H](C)[C@@H](CO)NC(=O)c1cc(-c2ccncc2)n[nH]1. The van der Waals surface area contributed by atoms with Crippen LogP contribution >= 0.6 is 0 Å². The molecule has 2 aromatic rings. The molecule has 0 fully saturated rings. The Labute approximate surface area is 123 Å². The number of aromatic amines is 1. The Kier molecular flexibility index (Phi) is 5.05. The minimum Gasteiger partial charge on any atom is -0.394 e. The summed E-state index contributed by atoms with van der Waals surface area (Å²) in [5.74, 6) is -0.0521. The van der Waals surface area contributed by atoms with Gasteiger partial charge in [-0.2, -0.15) is 5.10 Å². The van der Waals surface area contributed by atoms with Crippen LogP contribution in [-0.4, -0.2) is 38.8 Å². The summed E-state index contributed by atoms with van der Waals surface area (Å²) in [6, 6.07) is 5.09. The van der Waals surface area contributed by atoms with Gasteiger partial charge in [-0.25, -0.2) is 0 Å². The van der Waals surface area contributed by atoms with Crippen LogP contribution in [0.4, 0.5) is 0 Å². The van der Waals surface area contributed by atoms with Gasteiger partial charge >= 0.3 is 0 Å². The topological polar surface area (TPSA) is 90.9 Å². The third-order valence-corrected chi connectivity index (χ3v) is 3.64. The Morgan fingerprint density at radius 2 is 2.14 bits per heavy atom. The first-order chi connectivity index (χ1) is 10.2. The number of carbonyl (C=O) groups is 1. The van der Waals surface area contributed by atoms with E-state index in [1.807, 2.05) is 26.0 Å². The quantitative estimate of drug-likeness (QED) is 0.753. The highest BCUT2D eigenvalue weighted by Gasteiger charge is 2.19. The normalized spacial score (nSPS) is 13.7. The molecule has 0 bridgehead atoms. The Morgan fingerprint density at radius 3 is 2.76 bits per heavy atom. The van der Waals surface area contributed by atoms with Crippen LogP contribution in [0.5, 0.6) is 0 Å². The molecule has 3 N–H and O–H groups in total. The summed E-state index contributed by atoms with van der Waals surface area (Å²) >= 11 is 0. The highest BCUT2D eigenvalue weighted by Crippen LogP contribution is 2.16. The van der Waals surface area contributed by atoms with Crippen LogP contribution in [-0.2, 0) is 0 Å². The minimum absolute atomic E-state index is 0.0773. The Hall–Kier alpha value is -2.21. The van der Waals surface area contributed by atoms with E-state index in [1.165, 1.54) is 0 Å². The lowest BCUT2D eigenvalue weighted by Gasteiger charge is -2.21. The summed E-state index contributed by atoms with van der Waals surface area (Å²) in [4.78, 5) is 16.1. The maximum absolute atomic E-state index is 12.2. The number of amides is 1. The molecule has 0 aliphatic rings. The minimum atomic E-state index is -0.262. The van der Waals surface area contributed by atoms with E-state index in [1.54, 1.807) is 18.5 Å². The van der Waals surface area contributed by atoms with Crippen molar-refractivity contribution in [3.05, 3.63) is 36.3 Å².